The number of nitrogens with zero attached hydrogens (tertiary/aromatic N) is 5. The largest absolute Gasteiger partial charge is 0.326 e. The summed E-state index contributed by atoms with van der Waals surface area (Å²) >= 11 is 1.40. The number of thioether (sulfide) groups is 1. The van der Waals surface area contributed by atoms with Crippen LogP contribution in [0, 0.1) is 11.3 Å². The number of benzene rings is 1. The standard InChI is InChI=1S/C21H27N5OS/c1-3-26-18(14-17-10-6-4-7-11-17)23-24-20(26)28-15-19(27)25(2)21(16-22)12-8-5-9-13-21/h4,6-7,10-11H,3,5,8-9,12-15H2,1-2H3. The lowest BCUT2D eigenvalue weighted by atomic mass is 9.81. The summed E-state index contributed by atoms with van der Waals surface area (Å²) < 4.78 is 2.06. The number of nitriles is 1. The van der Waals surface area contributed by atoms with Crippen LogP contribution in [0.25, 0.3) is 0 Å². The molecule has 3 rings (SSSR count). The molecular weight excluding hydrogens is 370 g/mol. The average molecular weight is 398 g/mol. The molecule has 7 heteroatoms. The Balaban J connectivity index is 1.65. The summed E-state index contributed by atoms with van der Waals surface area (Å²) in [6.45, 7) is 2.81. The van der Waals surface area contributed by atoms with Gasteiger partial charge in [0.05, 0.1) is 11.8 Å². The number of hydrogen-bond acceptors (Lipinski definition) is 5. The summed E-state index contributed by atoms with van der Waals surface area (Å²) in [5, 5.41) is 19.1. The highest BCUT2D eigenvalue weighted by Crippen LogP contribution is 2.33. The Morgan fingerprint density at radius 1 is 1.25 bits per heavy atom. The van der Waals surface area contributed by atoms with Crippen molar-refractivity contribution < 1.29 is 4.79 Å². The zero-order valence-corrected chi connectivity index (χ0v) is 17.4. The number of carbonyl (C=O) groups excluding carboxylic acids is 1. The van der Waals surface area contributed by atoms with Gasteiger partial charge in [-0.2, -0.15) is 5.26 Å². The first-order chi connectivity index (χ1) is 13.6. The molecule has 0 radical (unpaired) electrons. The van der Waals surface area contributed by atoms with Gasteiger partial charge in [-0.1, -0.05) is 61.4 Å². The van der Waals surface area contributed by atoms with E-state index < -0.39 is 5.54 Å². The molecule has 1 heterocycles. The summed E-state index contributed by atoms with van der Waals surface area (Å²) in [5.74, 6) is 1.14. The maximum atomic E-state index is 12.8. The van der Waals surface area contributed by atoms with E-state index in [0.29, 0.717) is 6.42 Å². The third-order valence-electron chi connectivity index (χ3n) is 5.54. The van der Waals surface area contributed by atoms with Crippen molar-refractivity contribution in [2.75, 3.05) is 12.8 Å². The quantitative estimate of drug-likeness (QED) is 0.667. The predicted molar refractivity (Wildman–Crippen MR) is 110 cm³/mol. The summed E-state index contributed by atoms with van der Waals surface area (Å²) in [6.07, 6.45) is 5.40. The highest BCUT2D eigenvalue weighted by Gasteiger charge is 2.38. The molecule has 6 nitrogen and oxygen atoms in total. The van der Waals surface area contributed by atoms with E-state index in [1.54, 1.807) is 11.9 Å². The lowest BCUT2D eigenvalue weighted by Gasteiger charge is -2.39. The van der Waals surface area contributed by atoms with Crippen molar-refractivity contribution in [1.29, 1.82) is 5.26 Å². The van der Waals surface area contributed by atoms with Gasteiger partial charge in [0, 0.05) is 20.0 Å². The fourth-order valence-corrected chi connectivity index (χ4v) is 4.71. The van der Waals surface area contributed by atoms with Crippen LogP contribution in [0.4, 0.5) is 0 Å². The van der Waals surface area contributed by atoms with Gasteiger partial charge in [-0.25, -0.2) is 0 Å². The van der Waals surface area contributed by atoms with Crippen LogP contribution in [0.15, 0.2) is 35.5 Å². The Kier molecular flexibility index (Phi) is 6.74. The fraction of sp³-hybridized carbons (Fsp3) is 0.524. The van der Waals surface area contributed by atoms with E-state index in [1.165, 1.54) is 17.3 Å². The highest BCUT2D eigenvalue weighted by molar-refractivity contribution is 7.99. The van der Waals surface area contributed by atoms with Crippen LogP contribution in [0.1, 0.15) is 50.4 Å². The van der Waals surface area contributed by atoms with Crippen molar-refractivity contribution in [1.82, 2.24) is 19.7 Å². The van der Waals surface area contributed by atoms with Gasteiger partial charge in [0.1, 0.15) is 11.4 Å². The molecule has 0 saturated heterocycles. The number of hydrogen-bond donors (Lipinski definition) is 0. The molecule has 0 spiro atoms. The van der Waals surface area contributed by atoms with Gasteiger partial charge in [-0.15, -0.1) is 10.2 Å². The van der Waals surface area contributed by atoms with E-state index in [9.17, 15) is 10.1 Å². The minimum absolute atomic E-state index is 0.0243. The Labute approximate surface area is 170 Å². The number of amides is 1. The molecule has 1 aliphatic carbocycles. The number of aromatic nitrogens is 3. The van der Waals surface area contributed by atoms with Gasteiger partial charge in [-0.3, -0.25) is 4.79 Å². The average Bonchev–Trinajstić information content (AvgIpc) is 3.14. The molecular formula is C21H27N5OS. The summed E-state index contributed by atoms with van der Waals surface area (Å²) in [5.41, 5.74) is 0.539. The maximum absolute atomic E-state index is 12.8. The van der Waals surface area contributed by atoms with Gasteiger partial charge in [0.2, 0.25) is 5.91 Å². The van der Waals surface area contributed by atoms with Crippen LogP contribution in [-0.2, 0) is 17.8 Å². The number of carbonyl (C=O) groups is 1. The Hall–Kier alpha value is -2.33. The molecule has 1 saturated carbocycles. The summed E-state index contributed by atoms with van der Waals surface area (Å²) in [6, 6.07) is 12.6. The van der Waals surface area contributed by atoms with Gasteiger partial charge >= 0.3 is 0 Å². The molecule has 1 aliphatic rings. The van der Waals surface area contributed by atoms with Crippen LogP contribution in [-0.4, -0.2) is 43.9 Å². The van der Waals surface area contributed by atoms with Crippen molar-refractivity contribution in [3.63, 3.8) is 0 Å². The molecule has 0 atom stereocenters. The maximum Gasteiger partial charge on any atom is 0.234 e. The first-order valence-electron chi connectivity index (χ1n) is 9.86. The monoisotopic (exact) mass is 397 g/mol. The summed E-state index contributed by atoms with van der Waals surface area (Å²) in [7, 11) is 1.77. The van der Waals surface area contributed by atoms with Crippen LogP contribution in [0.5, 0.6) is 0 Å². The zero-order chi connectivity index (χ0) is 20.0. The predicted octanol–water partition coefficient (Wildman–Crippen LogP) is 3.67. The molecule has 28 heavy (non-hydrogen) atoms. The second-order valence-electron chi connectivity index (χ2n) is 7.25. The normalized spacial score (nSPS) is 15.8. The molecule has 0 N–H and O–H groups in total. The molecule has 0 bridgehead atoms. The smallest absolute Gasteiger partial charge is 0.234 e. The topological polar surface area (TPSA) is 74.8 Å². The van der Waals surface area contributed by atoms with E-state index in [2.05, 4.69) is 39.9 Å². The van der Waals surface area contributed by atoms with Crippen molar-refractivity contribution in [3.8, 4) is 6.07 Å². The van der Waals surface area contributed by atoms with Crippen LogP contribution < -0.4 is 0 Å². The molecule has 1 amide bonds. The molecule has 0 aliphatic heterocycles. The zero-order valence-electron chi connectivity index (χ0n) is 16.6. The number of rotatable bonds is 7. The van der Waals surface area contributed by atoms with Crippen molar-refractivity contribution in [2.45, 2.75) is 62.7 Å². The van der Waals surface area contributed by atoms with E-state index in [4.69, 9.17) is 0 Å². The van der Waals surface area contributed by atoms with E-state index in [-0.39, 0.29) is 11.7 Å². The first-order valence-corrected chi connectivity index (χ1v) is 10.8. The molecule has 0 unspecified atom stereocenters. The van der Waals surface area contributed by atoms with Gasteiger partial charge in [0.25, 0.3) is 0 Å². The van der Waals surface area contributed by atoms with E-state index in [1.807, 2.05) is 18.2 Å². The molecule has 148 valence electrons. The van der Waals surface area contributed by atoms with Gasteiger partial charge in [0.15, 0.2) is 5.16 Å². The summed E-state index contributed by atoms with van der Waals surface area (Å²) in [4.78, 5) is 14.4. The lowest BCUT2D eigenvalue weighted by molar-refractivity contribution is -0.131. The SMILES string of the molecule is CCn1c(Cc2ccccc2)nnc1SCC(=O)N(C)C1(C#N)CCCCC1. The molecule has 1 fully saturated rings. The van der Waals surface area contributed by atoms with E-state index in [0.717, 1.165) is 49.6 Å². The van der Waals surface area contributed by atoms with Crippen molar-refractivity contribution >= 4 is 17.7 Å². The van der Waals surface area contributed by atoms with Crippen LogP contribution >= 0.6 is 11.8 Å². The third-order valence-corrected chi connectivity index (χ3v) is 6.50. The Morgan fingerprint density at radius 3 is 2.61 bits per heavy atom. The van der Waals surface area contributed by atoms with Gasteiger partial charge in [-0.05, 0) is 25.3 Å². The lowest BCUT2D eigenvalue weighted by Crippen LogP contribution is -2.50. The molecule has 2 aromatic rings. The second kappa shape index (κ2) is 9.24. The second-order valence-corrected chi connectivity index (χ2v) is 8.19. The molecule has 1 aromatic carbocycles. The van der Waals surface area contributed by atoms with Crippen molar-refractivity contribution in [3.05, 3.63) is 41.7 Å². The highest BCUT2D eigenvalue weighted by atomic mass is 32.2. The molecule has 1 aromatic heterocycles. The third kappa shape index (κ3) is 4.39. The minimum atomic E-state index is -0.646. The van der Waals surface area contributed by atoms with Crippen LogP contribution in [0.3, 0.4) is 0 Å². The Morgan fingerprint density at radius 2 is 1.96 bits per heavy atom. The van der Waals surface area contributed by atoms with Gasteiger partial charge < -0.3 is 9.47 Å². The van der Waals surface area contributed by atoms with Crippen LogP contribution in [0.2, 0.25) is 0 Å². The Bertz CT molecular complexity index is 836. The van der Waals surface area contributed by atoms with E-state index >= 15 is 0 Å². The minimum Gasteiger partial charge on any atom is -0.326 e. The first kappa shape index (κ1) is 20.4. The van der Waals surface area contributed by atoms with Crippen molar-refractivity contribution in [2.24, 2.45) is 0 Å². The fourth-order valence-electron chi connectivity index (χ4n) is 3.77.